The van der Waals surface area contributed by atoms with Gasteiger partial charge in [0.05, 0.1) is 0 Å². The van der Waals surface area contributed by atoms with E-state index in [1.165, 1.54) is 72.8 Å². The summed E-state index contributed by atoms with van der Waals surface area (Å²) in [6.45, 7) is 56.3. The molecule has 0 saturated carbocycles. The Kier molecular flexibility index (Phi) is 71.3. The van der Waals surface area contributed by atoms with Gasteiger partial charge in [-0.15, -0.1) is 0 Å². The molecule has 4 aromatic rings. The maximum Gasteiger partial charge on any atom is 3.00 e. The third kappa shape index (κ3) is 63.3. The largest absolute Gasteiger partial charge is 3.00 e. The Morgan fingerprint density at radius 1 is 0.437 bits per heavy atom. The van der Waals surface area contributed by atoms with Crippen LogP contribution >= 0.6 is 0 Å². The third-order valence-corrected chi connectivity index (χ3v) is 10.4. The van der Waals surface area contributed by atoms with Gasteiger partial charge in [0.25, 0.3) is 0 Å². The number of aryl methyl sites for hydroxylation is 5. The van der Waals surface area contributed by atoms with Crippen molar-refractivity contribution >= 4 is 0 Å². The smallest absolute Gasteiger partial charge is 0.341 e. The molecule has 0 bridgehead atoms. The van der Waals surface area contributed by atoms with Crippen molar-refractivity contribution in [2.75, 3.05) is 0 Å². The number of hydrogen-bond acceptors (Lipinski definition) is 0. The van der Waals surface area contributed by atoms with E-state index < -0.39 is 0 Å². The summed E-state index contributed by atoms with van der Waals surface area (Å²) in [5.74, 6) is 7.61. The van der Waals surface area contributed by atoms with Gasteiger partial charge in [-0.1, -0.05) is 187 Å². The van der Waals surface area contributed by atoms with Crippen LogP contribution in [0, 0.1) is 120 Å². The SMILES string of the molecule is C.C.C[CH-]C.C[CH-]C.Cc1[c-]cccc1.Cc1[c-]cccc1.Cc1ccccc1C(CC(C)CC(C)C)C(C)C.Cc1ccccc1CCC(C)CC(C)C.[CH2-]C(C)CC(C)C.[CH2-]C(C)CC(C)C.[Y+3].[Y+3]. The van der Waals surface area contributed by atoms with Crippen LogP contribution in [0.15, 0.2) is 97.1 Å². The van der Waals surface area contributed by atoms with Crippen LogP contribution in [0.1, 0.15) is 217 Å². The standard InChI is InChI=1S/C18H30.C15H24.2C7H7.2C7H15.2C3H7.2CH4.2Y/c1-13(2)11-15(5)12-18(14(3)4)17-10-8-7-9-16(17)6;1-12(2)11-13(3)9-10-15-8-6-5-7-14(15)4;2*1-7-5-3-2-4-6-7;2*1-6(2)5-7(3)4;2*1-3-2;;;;/h7-10,13-15,18H,11-12H2,1-6H3;5-8,12-13H,9-11H2,1-4H3;2*2-5H,1H3;2*6-7H,1,5H2,2-4H3;2*3H,1-2H3;2*1H4;;/q;;6*-1;;;2*+3. The Morgan fingerprint density at radius 3 is 1.04 bits per heavy atom. The second kappa shape index (κ2) is 58.4. The van der Waals surface area contributed by atoms with Crippen molar-refractivity contribution in [2.45, 2.75) is 218 Å². The molecule has 0 aromatic heterocycles. The van der Waals surface area contributed by atoms with Gasteiger partial charge >= 0.3 is 65.4 Å². The van der Waals surface area contributed by atoms with E-state index in [9.17, 15) is 0 Å². The zero-order chi connectivity index (χ0) is 52.3. The molecule has 402 valence electrons. The van der Waals surface area contributed by atoms with Gasteiger partial charge in [0.1, 0.15) is 0 Å². The van der Waals surface area contributed by atoms with Gasteiger partial charge in [0, 0.05) is 0 Å². The third-order valence-electron chi connectivity index (χ3n) is 10.4. The number of hydrogen-bond donors (Lipinski definition) is 0. The maximum atomic E-state index is 3.88. The average molecular weight is 1130 g/mol. The maximum absolute atomic E-state index is 3.88. The van der Waals surface area contributed by atoms with Gasteiger partial charge in [-0.25, -0.2) is 0 Å². The molecular formula is C69H120Y2. The van der Waals surface area contributed by atoms with Crippen molar-refractivity contribution in [3.8, 4) is 0 Å². The van der Waals surface area contributed by atoms with E-state index >= 15 is 0 Å². The molecule has 0 N–H and O–H groups in total. The second-order valence-corrected chi connectivity index (χ2v) is 21.6. The van der Waals surface area contributed by atoms with Gasteiger partial charge in [-0.3, -0.25) is 0 Å². The summed E-state index contributed by atoms with van der Waals surface area (Å²) in [6, 6.07) is 39.5. The molecule has 0 fully saturated rings. The first-order chi connectivity index (χ1) is 31.4. The fraction of sp³-hybridized carbons (Fsp3) is 0.594. The number of rotatable bonds is 15. The second-order valence-electron chi connectivity index (χ2n) is 21.6. The minimum atomic E-state index is 0. The molecule has 5 atom stereocenters. The first-order valence-corrected chi connectivity index (χ1v) is 26.5. The molecule has 4 rings (SSSR count). The topological polar surface area (TPSA) is 0 Å². The summed E-state index contributed by atoms with van der Waals surface area (Å²) in [5, 5.41) is 0. The van der Waals surface area contributed by atoms with Gasteiger partial charge in [-0.05, 0) is 116 Å². The molecule has 0 aliphatic carbocycles. The molecule has 0 amide bonds. The molecule has 0 radical (unpaired) electrons. The van der Waals surface area contributed by atoms with Crippen molar-refractivity contribution in [1.29, 1.82) is 0 Å². The van der Waals surface area contributed by atoms with E-state index in [1.807, 2.05) is 103 Å². The van der Waals surface area contributed by atoms with Crippen LogP contribution in [-0.2, 0) is 71.8 Å². The molecule has 0 aliphatic rings. The van der Waals surface area contributed by atoms with Gasteiger partial charge in [-0.2, -0.15) is 111 Å². The summed E-state index contributed by atoms with van der Waals surface area (Å²) >= 11 is 0. The van der Waals surface area contributed by atoms with Gasteiger partial charge in [0.15, 0.2) is 0 Å². The molecule has 0 saturated heterocycles. The molecular weight excluding hydrogens is 1010 g/mol. The van der Waals surface area contributed by atoms with Crippen LogP contribution in [0.4, 0.5) is 0 Å². The van der Waals surface area contributed by atoms with Gasteiger partial charge in [0.2, 0.25) is 0 Å². The van der Waals surface area contributed by atoms with E-state index in [-0.39, 0.29) is 80.3 Å². The summed E-state index contributed by atoms with van der Waals surface area (Å²) < 4.78 is 0. The van der Waals surface area contributed by atoms with E-state index in [0.717, 1.165) is 41.4 Å². The molecule has 71 heavy (non-hydrogen) atoms. The Morgan fingerprint density at radius 2 is 0.775 bits per heavy atom. The Bertz CT molecular complexity index is 1500. The fourth-order valence-electron chi connectivity index (χ4n) is 7.89. The van der Waals surface area contributed by atoms with Crippen molar-refractivity contribution in [2.24, 2.45) is 53.3 Å². The minimum absolute atomic E-state index is 0. The summed E-state index contributed by atoms with van der Waals surface area (Å²) in [6.07, 6.45) is 13.1. The van der Waals surface area contributed by atoms with Gasteiger partial charge < -0.3 is 26.7 Å². The van der Waals surface area contributed by atoms with Crippen LogP contribution in [0.5, 0.6) is 0 Å². The predicted octanol–water partition coefficient (Wildman–Crippen LogP) is 22.7. The normalized spacial score (nSPS) is 11.8. The van der Waals surface area contributed by atoms with Crippen LogP contribution in [-0.4, -0.2) is 0 Å². The molecule has 0 spiro atoms. The number of benzene rings is 4. The summed E-state index contributed by atoms with van der Waals surface area (Å²) in [4.78, 5) is 0. The predicted molar refractivity (Wildman–Crippen MR) is 323 cm³/mol. The monoisotopic (exact) mass is 1130 g/mol. The quantitative estimate of drug-likeness (QED) is 0.104. The van der Waals surface area contributed by atoms with E-state index in [2.05, 4.69) is 185 Å². The first kappa shape index (κ1) is 86.8. The van der Waals surface area contributed by atoms with E-state index in [0.29, 0.717) is 17.8 Å². The van der Waals surface area contributed by atoms with Crippen molar-refractivity contribution in [1.82, 2.24) is 0 Å². The summed E-state index contributed by atoms with van der Waals surface area (Å²) in [5.41, 5.74) is 8.36. The molecule has 2 heteroatoms. The molecule has 4 aromatic carbocycles. The first-order valence-electron chi connectivity index (χ1n) is 26.5. The van der Waals surface area contributed by atoms with Crippen molar-refractivity contribution < 1.29 is 65.4 Å². The van der Waals surface area contributed by atoms with Crippen LogP contribution in [0.3, 0.4) is 0 Å². The zero-order valence-corrected chi connectivity index (χ0v) is 55.4. The Hall–Kier alpha value is -0.912. The fourth-order valence-corrected chi connectivity index (χ4v) is 7.89. The summed E-state index contributed by atoms with van der Waals surface area (Å²) in [7, 11) is 0. The minimum Gasteiger partial charge on any atom is -0.341 e. The van der Waals surface area contributed by atoms with Crippen molar-refractivity contribution in [3.05, 3.63) is 169 Å². The van der Waals surface area contributed by atoms with Crippen LogP contribution < -0.4 is 0 Å². The van der Waals surface area contributed by atoms with Crippen LogP contribution in [0.2, 0.25) is 0 Å². The Balaban J connectivity index is -0.000000113. The average Bonchev–Trinajstić information content (AvgIpc) is 3.21. The molecule has 5 unspecified atom stereocenters. The van der Waals surface area contributed by atoms with Crippen LogP contribution in [0.25, 0.3) is 0 Å². The Labute approximate surface area is 501 Å². The van der Waals surface area contributed by atoms with E-state index in [1.54, 1.807) is 5.56 Å². The van der Waals surface area contributed by atoms with Crippen molar-refractivity contribution in [3.63, 3.8) is 0 Å². The molecule has 0 aliphatic heterocycles. The zero-order valence-electron chi connectivity index (χ0n) is 49.7. The van der Waals surface area contributed by atoms with E-state index in [4.69, 9.17) is 0 Å². The molecule has 0 nitrogen and oxygen atoms in total. The molecule has 0 heterocycles.